The second-order valence-corrected chi connectivity index (χ2v) is 7.73. The molecule has 23 heavy (non-hydrogen) atoms. The van der Waals surface area contributed by atoms with E-state index in [9.17, 15) is 4.79 Å². The number of amides is 1. The molecule has 0 bridgehead atoms. The summed E-state index contributed by atoms with van der Waals surface area (Å²) in [7, 11) is 0. The van der Waals surface area contributed by atoms with Crippen molar-refractivity contribution >= 4 is 33.5 Å². The van der Waals surface area contributed by atoms with Gasteiger partial charge in [-0.15, -0.1) is 0 Å². The Hall–Kier alpha value is -1.50. The van der Waals surface area contributed by atoms with E-state index in [2.05, 4.69) is 26.2 Å². The standard InChI is InChI=1S/C16H25BrN4O2/c1-10-12(17)9-13(14(18)19-10)20-11-5-7-21(8-6-11)15(22)23-16(2,3)4/h9,11,20H,5-8H2,1-4H3,(H2,18,19). The number of ether oxygens (including phenoxy) is 1. The predicted molar refractivity (Wildman–Crippen MR) is 95.5 cm³/mol. The van der Waals surface area contributed by atoms with E-state index < -0.39 is 5.60 Å². The van der Waals surface area contributed by atoms with E-state index in [-0.39, 0.29) is 12.1 Å². The van der Waals surface area contributed by atoms with Crippen molar-refractivity contribution in [3.05, 3.63) is 16.2 Å². The Morgan fingerprint density at radius 3 is 2.61 bits per heavy atom. The van der Waals surface area contributed by atoms with Crippen LogP contribution in [0.4, 0.5) is 16.3 Å². The summed E-state index contributed by atoms with van der Waals surface area (Å²) in [5, 5.41) is 3.43. The number of carbonyl (C=O) groups is 1. The largest absolute Gasteiger partial charge is 0.444 e. The van der Waals surface area contributed by atoms with Crippen LogP contribution < -0.4 is 11.1 Å². The van der Waals surface area contributed by atoms with Gasteiger partial charge in [0.2, 0.25) is 0 Å². The van der Waals surface area contributed by atoms with Gasteiger partial charge in [-0.25, -0.2) is 9.78 Å². The third kappa shape index (κ3) is 4.99. The lowest BCUT2D eigenvalue weighted by atomic mass is 10.0. The zero-order chi connectivity index (χ0) is 17.2. The number of hydrogen-bond acceptors (Lipinski definition) is 5. The fourth-order valence-corrected chi connectivity index (χ4v) is 2.79. The van der Waals surface area contributed by atoms with Crippen LogP contribution in [0.1, 0.15) is 39.3 Å². The third-order valence-electron chi connectivity index (χ3n) is 3.69. The van der Waals surface area contributed by atoms with Crippen LogP contribution in [0.2, 0.25) is 0 Å². The van der Waals surface area contributed by atoms with Crippen molar-refractivity contribution < 1.29 is 9.53 Å². The maximum absolute atomic E-state index is 12.1. The summed E-state index contributed by atoms with van der Waals surface area (Å²) in [6.45, 7) is 8.89. The molecule has 2 heterocycles. The number of anilines is 2. The van der Waals surface area contributed by atoms with Crippen molar-refractivity contribution in [3.8, 4) is 0 Å². The van der Waals surface area contributed by atoms with E-state index in [0.717, 1.165) is 28.7 Å². The lowest BCUT2D eigenvalue weighted by Gasteiger charge is -2.34. The molecule has 1 aromatic rings. The van der Waals surface area contributed by atoms with Crippen molar-refractivity contribution in [1.82, 2.24) is 9.88 Å². The summed E-state index contributed by atoms with van der Waals surface area (Å²) >= 11 is 3.47. The lowest BCUT2D eigenvalue weighted by Crippen LogP contribution is -2.44. The highest BCUT2D eigenvalue weighted by Gasteiger charge is 2.27. The number of aromatic nitrogens is 1. The molecular weight excluding hydrogens is 360 g/mol. The van der Waals surface area contributed by atoms with Gasteiger partial charge in [-0.3, -0.25) is 0 Å². The van der Waals surface area contributed by atoms with E-state index in [4.69, 9.17) is 10.5 Å². The van der Waals surface area contributed by atoms with E-state index in [0.29, 0.717) is 18.9 Å². The lowest BCUT2D eigenvalue weighted by molar-refractivity contribution is 0.0210. The summed E-state index contributed by atoms with van der Waals surface area (Å²) in [6, 6.07) is 2.23. The SMILES string of the molecule is Cc1nc(N)c(NC2CCN(C(=O)OC(C)(C)C)CC2)cc1Br. The van der Waals surface area contributed by atoms with Gasteiger partial charge in [0.1, 0.15) is 11.4 Å². The molecule has 0 aliphatic carbocycles. The molecule has 1 saturated heterocycles. The number of nitrogens with one attached hydrogen (secondary N) is 1. The van der Waals surface area contributed by atoms with Gasteiger partial charge in [-0.1, -0.05) is 0 Å². The molecule has 1 aliphatic rings. The van der Waals surface area contributed by atoms with Crippen LogP contribution in [0.15, 0.2) is 10.5 Å². The molecule has 3 N–H and O–H groups in total. The number of nitrogens with zero attached hydrogens (tertiary/aromatic N) is 2. The minimum Gasteiger partial charge on any atom is -0.444 e. The minimum absolute atomic E-state index is 0.241. The van der Waals surface area contributed by atoms with Crippen LogP contribution in [0.5, 0.6) is 0 Å². The van der Waals surface area contributed by atoms with Crippen LogP contribution in [0.3, 0.4) is 0 Å². The van der Waals surface area contributed by atoms with Crippen molar-refractivity contribution in [1.29, 1.82) is 0 Å². The van der Waals surface area contributed by atoms with Crippen molar-refractivity contribution in [2.75, 3.05) is 24.1 Å². The number of halogens is 1. The van der Waals surface area contributed by atoms with Crippen molar-refractivity contribution in [3.63, 3.8) is 0 Å². The van der Waals surface area contributed by atoms with E-state index in [1.807, 2.05) is 33.8 Å². The summed E-state index contributed by atoms with van der Waals surface area (Å²) in [5.41, 5.74) is 7.22. The first-order valence-electron chi connectivity index (χ1n) is 7.83. The first-order valence-corrected chi connectivity index (χ1v) is 8.62. The molecule has 6 nitrogen and oxygen atoms in total. The molecule has 0 saturated carbocycles. The van der Waals surface area contributed by atoms with E-state index >= 15 is 0 Å². The topological polar surface area (TPSA) is 80.5 Å². The van der Waals surface area contributed by atoms with Crippen molar-refractivity contribution in [2.45, 2.75) is 52.2 Å². The number of rotatable bonds is 2. The molecule has 128 valence electrons. The van der Waals surface area contributed by atoms with Crippen LogP contribution >= 0.6 is 15.9 Å². The predicted octanol–water partition coefficient (Wildman–Crippen LogP) is 3.55. The highest BCUT2D eigenvalue weighted by molar-refractivity contribution is 9.10. The Morgan fingerprint density at radius 1 is 1.43 bits per heavy atom. The van der Waals surface area contributed by atoms with E-state index in [1.165, 1.54) is 0 Å². The summed E-state index contributed by atoms with van der Waals surface area (Å²) in [5.74, 6) is 0.500. The molecule has 1 fully saturated rings. The average molecular weight is 385 g/mol. The number of hydrogen-bond donors (Lipinski definition) is 2. The fraction of sp³-hybridized carbons (Fsp3) is 0.625. The molecule has 0 spiro atoms. The Labute approximate surface area is 145 Å². The first kappa shape index (κ1) is 17.8. The van der Waals surface area contributed by atoms with Crippen molar-refractivity contribution in [2.24, 2.45) is 0 Å². The number of piperidine rings is 1. The number of carbonyl (C=O) groups excluding carboxylic acids is 1. The maximum Gasteiger partial charge on any atom is 0.410 e. The number of nitrogen functional groups attached to an aromatic ring is 1. The van der Waals surface area contributed by atoms with Crippen LogP contribution in [0.25, 0.3) is 0 Å². The maximum atomic E-state index is 12.1. The summed E-state index contributed by atoms with van der Waals surface area (Å²) in [4.78, 5) is 18.1. The molecule has 1 aromatic heterocycles. The molecule has 0 aromatic carbocycles. The Morgan fingerprint density at radius 2 is 2.04 bits per heavy atom. The zero-order valence-corrected chi connectivity index (χ0v) is 15.7. The number of likely N-dealkylation sites (tertiary alicyclic amines) is 1. The van der Waals surface area contributed by atoms with Gasteiger partial charge in [-0.05, 0) is 62.5 Å². The van der Waals surface area contributed by atoms with Crippen LogP contribution in [0, 0.1) is 6.92 Å². The number of pyridine rings is 1. The second-order valence-electron chi connectivity index (χ2n) is 6.87. The summed E-state index contributed by atoms with van der Waals surface area (Å²) < 4.78 is 6.34. The molecule has 7 heteroatoms. The average Bonchev–Trinajstić information content (AvgIpc) is 2.43. The van der Waals surface area contributed by atoms with E-state index in [1.54, 1.807) is 4.90 Å². The molecule has 2 rings (SSSR count). The molecule has 1 aliphatic heterocycles. The number of nitrogens with two attached hydrogens (primary N) is 1. The molecule has 0 unspecified atom stereocenters. The van der Waals surface area contributed by atoms with Gasteiger partial charge < -0.3 is 20.7 Å². The quantitative estimate of drug-likeness (QED) is 0.814. The molecule has 0 radical (unpaired) electrons. The molecular formula is C16H25BrN4O2. The minimum atomic E-state index is -0.458. The highest BCUT2D eigenvalue weighted by Crippen LogP contribution is 2.26. The third-order valence-corrected chi connectivity index (χ3v) is 4.49. The fourth-order valence-electron chi connectivity index (χ4n) is 2.47. The molecule has 1 amide bonds. The van der Waals surface area contributed by atoms with Gasteiger partial charge in [-0.2, -0.15) is 0 Å². The normalized spacial score (nSPS) is 16.3. The summed E-state index contributed by atoms with van der Waals surface area (Å²) in [6.07, 6.45) is 1.46. The highest BCUT2D eigenvalue weighted by atomic mass is 79.9. The Balaban J connectivity index is 1.90. The van der Waals surface area contributed by atoms with Gasteiger partial charge in [0.05, 0.1) is 11.4 Å². The Bertz CT molecular complexity index is 578. The smallest absolute Gasteiger partial charge is 0.410 e. The number of aryl methyl sites for hydroxylation is 1. The Kier molecular flexibility index (Phi) is 5.39. The van der Waals surface area contributed by atoms with Gasteiger partial charge >= 0.3 is 6.09 Å². The van der Waals surface area contributed by atoms with Gasteiger partial charge in [0.15, 0.2) is 0 Å². The van der Waals surface area contributed by atoms with Crippen LogP contribution in [-0.4, -0.2) is 40.7 Å². The molecule has 0 atom stereocenters. The van der Waals surface area contributed by atoms with Crippen LogP contribution in [-0.2, 0) is 4.74 Å². The first-order chi connectivity index (χ1) is 10.7. The monoisotopic (exact) mass is 384 g/mol. The van der Waals surface area contributed by atoms with Gasteiger partial charge in [0, 0.05) is 23.6 Å². The van der Waals surface area contributed by atoms with Gasteiger partial charge in [0.25, 0.3) is 0 Å². The second kappa shape index (κ2) is 6.95. The zero-order valence-electron chi connectivity index (χ0n) is 14.1.